The molecule has 1 spiro atoms. The SMILES string of the molecule is C[C@@H]1CN2[C@H]3[C@@H]1CC[C@]31CCC(=O)O[C@]1(C)[C@@H]1CC[C@H]3CCC=C3[C@@H]12. The number of carbonyl (C=O) groups excluding carboxylic acids is 1. The van der Waals surface area contributed by atoms with Crippen LogP contribution in [0.5, 0.6) is 0 Å². The largest absolute Gasteiger partial charge is 0.458 e. The molecule has 3 heterocycles. The monoisotopic (exact) mass is 341 g/mol. The highest BCUT2D eigenvalue weighted by atomic mass is 16.6. The number of rotatable bonds is 0. The van der Waals surface area contributed by atoms with Crippen molar-refractivity contribution in [3.8, 4) is 0 Å². The Balaban J connectivity index is 1.54. The fraction of sp³-hybridized carbons (Fsp3) is 0.864. The van der Waals surface area contributed by atoms with E-state index in [2.05, 4.69) is 24.8 Å². The van der Waals surface area contributed by atoms with E-state index in [0.29, 0.717) is 24.4 Å². The van der Waals surface area contributed by atoms with E-state index in [1.54, 1.807) is 5.57 Å². The van der Waals surface area contributed by atoms with E-state index in [9.17, 15) is 4.79 Å². The first kappa shape index (κ1) is 15.2. The Kier molecular flexibility index (Phi) is 2.87. The maximum atomic E-state index is 12.4. The van der Waals surface area contributed by atoms with Gasteiger partial charge >= 0.3 is 5.97 Å². The number of hydrogen-bond acceptors (Lipinski definition) is 3. The highest BCUT2D eigenvalue weighted by Gasteiger charge is 2.73. The Morgan fingerprint density at radius 3 is 2.96 bits per heavy atom. The summed E-state index contributed by atoms with van der Waals surface area (Å²) in [5.41, 5.74) is 1.72. The van der Waals surface area contributed by atoms with Crippen LogP contribution >= 0.6 is 0 Å². The number of esters is 1. The summed E-state index contributed by atoms with van der Waals surface area (Å²) in [6, 6.07) is 1.21. The fourth-order valence-electron chi connectivity index (χ4n) is 8.62. The number of ether oxygens (including phenoxy) is 1. The van der Waals surface area contributed by atoms with Crippen molar-refractivity contribution in [1.29, 1.82) is 0 Å². The van der Waals surface area contributed by atoms with Crippen molar-refractivity contribution in [2.24, 2.45) is 29.1 Å². The third-order valence-corrected chi connectivity index (χ3v) is 9.55. The Labute approximate surface area is 151 Å². The molecular formula is C22H31NO2. The number of allylic oxidation sites excluding steroid dienone is 1. The lowest BCUT2D eigenvalue weighted by atomic mass is 9.52. The first-order valence-corrected chi connectivity index (χ1v) is 10.7. The molecule has 0 radical (unpaired) electrons. The number of hydrogen-bond donors (Lipinski definition) is 0. The molecule has 3 aliphatic carbocycles. The Morgan fingerprint density at radius 2 is 2.08 bits per heavy atom. The third kappa shape index (κ3) is 1.62. The highest BCUT2D eigenvalue weighted by Crippen LogP contribution is 2.69. The second kappa shape index (κ2) is 4.71. The van der Waals surface area contributed by atoms with Gasteiger partial charge in [0.05, 0.1) is 0 Å². The number of piperidine rings is 1. The normalized spacial score (nSPS) is 56.6. The van der Waals surface area contributed by atoms with Crippen molar-refractivity contribution in [2.75, 3.05) is 6.54 Å². The van der Waals surface area contributed by atoms with E-state index < -0.39 is 0 Å². The summed E-state index contributed by atoms with van der Waals surface area (Å²) in [6.45, 7) is 6.10. The number of carbonyl (C=O) groups is 1. The molecule has 2 saturated carbocycles. The smallest absolute Gasteiger partial charge is 0.306 e. The Bertz CT molecular complexity index is 671. The number of fused-ring (bicyclic) bond motifs is 5. The van der Waals surface area contributed by atoms with Crippen LogP contribution in [0.1, 0.15) is 65.2 Å². The first-order chi connectivity index (χ1) is 12.1. The van der Waals surface area contributed by atoms with Gasteiger partial charge in [0.1, 0.15) is 5.60 Å². The second-order valence-corrected chi connectivity index (χ2v) is 10.2. The maximum absolute atomic E-state index is 12.4. The predicted octanol–water partition coefficient (Wildman–Crippen LogP) is 3.93. The lowest BCUT2D eigenvalue weighted by Gasteiger charge is -2.65. The van der Waals surface area contributed by atoms with Crippen molar-refractivity contribution in [3.63, 3.8) is 0 Å². The molecule has 6 aliphatic rings. The summed E-state index contributed by atoms with van der Waals surface area (Å²) < 4.78 is 6.37. The summed E-state index contributed by atoms with van der Waals surface area (Å²) in [4.78, 5) is 15.3. The molecule has 25 heavy (non-hydrogen) atoms. The summed E-state index contributed by atoms with van der Waals surface area (Å²) >= 11 is 0. The molecule has 0 aromatic rings. The minimum Gasteiger partial charge on any atom is -0.458 e. The van der Waals surface area contributed by atoms with Crippen LogP contribution in [0.15, 0.2) is 11.6 Å². The quantitative estimate of drug-likeness (QED) is 0.494. The van der Waals surface area contributed by atoms with Crippen molar-refractivity contribution in [2.45, 2.75) is 82.9 Å². The molecule has 6 rings (SSSR count). The van der Waals surface area contributed by atoms with Gasteiger partial charge in [0, 0.05) is 36.4 Å². The molecular weight excluding hydrogens is 310 g/mol. The standard InChI is InChI=1S/C22H31NO2/c1-13-12-23-19-16-5-3-4-14(16)6-7-17(19)21(2)22(11-9-18(24)25-21)10-8-15(13)20(22)23/h5,13-15,17,19-20H,3-4,6-12H2,1-2H3/t13-,14-,15-,17-,19+,20+,21-,22+/m1/s1. The lowest BCUT2D eigenvalue weighted by molar-refractivity contribution is -0.242. The molecule has 0 unspecified atom stereocenters. The predicted molar refractivity (Wildman–Crippen MR) is 95.9 cm³/mol. The van der Waals surface area contributed by atoms with Crippen LogP contribution in [0.25, 0.3) is 0 Å². The molecule has 3 nitrogen and oxygen atoms in total. The van der Waals surface area contributed by atoms with Gasteiger partial charge in [-0.1, -0.05) is 18.6 Å². The zero-order chi connectivity index (χ0) is 17.0. The van der Waals surface area contributed by atoms with Crippen molar-refractivity contribution in [3.05, 3.63) is 11.6 Å². The highest BCUT2D eigenvalue weighted by molar-refractivity contribution is 5.71. The van der Waals surface area contributed by atoms with E-state index in [1.165, 1.54) is 45.1 Å². The van der Waals surface area contributed by atoms with Crippen LogP contribution in [0.3, 0.4) is 0 Å². The van der Waals surface area contributed by atoms with Crippen LogP contribution in [0.4, 0.5) is 0 Å². The van der Waals surface area contributed by atoms with Crippen LogP contribution in [-0.2, 0) is 9.53 Å². The topological polar surface area (TPSA) is 29.5 Å². The van der Waals surface area contributed by atoms with E-state index in [1.807, 2.05) is 0 Å². The van der Waals surface area contributed by atoms with E-state index in [4.69, 9.17) is 4.74 Å². The summed E-state index contributed by atoms with van der Waals surface area (Å²) in [7, 11) is 0. The average Bonchev–Trinajstić information content (AvgIpc) is 3.27. The van der Waals surface area contributed by atoms with Crippen LogP contribution in [0, 0.1) is 29.1 Å². The Hall–Kier alpha value is -0.830. The minimum absolute atomic E-state index is 0.0670. The van der Waals surface area contributed by atoms with E-state index >= 15 is 0 Å². The molecule has 0 aromatic heterocycles. The lowest BCUT2D eigenvalue weighted by Crippen LogP contribution is -2.73. The Morgan fingerprint density at radius 1 is 1.20 bits per heavy atom. The first-order valence-electron chi connectivity index (χ1n) is 10.7. The second-order valence-electron chi connectivity index (χ2n) is 10.2. The molecule has 0 aromatic carbocycles. The molecule has 0 bridgehead atoms. The van der Waals surface area contributed by atoms with Crippen molar-refractivity contribution >= 4 is 5.97 Å². The zero-order valence-electron chi connectivity index (χ0n) is 15.7. The van der Waals surface area contributed by atoms with Crippen LogP contribution in [-0.4, -0.2) is 35.1 Å². The fourth-order valence-corrected chi connectivity index (χ4v) is 8.62. The van der Waals surface area contributed by atoms with Gasteiger partial charge in [-0.25, -0.2) is 0 Å². The van der Waals surface area contributed by atoms with Gasteiger partial charge in [0.25, 0.3) is 0 Å². The molecule has 0 amide bonds. The van der Waals surface area contributed by atoms with Crippen LogP contribution < -0.4 is 0 Å². The summed E-state index contributed by atoms with van der Waals surface area (Å²) in [5, 5.41) is 0. The third-order valence-electron chi connectivity index (χ3n) is 9.55. The van der Waals surface area contributed by atoms with E-state index in [-0.39, 0.29) is 17.0 Å². The van der Waals surface area contributed by atoms with Crippen LogP contribution in [0.2, 0.25) is 0 Å². The average molecular weight is 341 g/mol. The summed E-state index contributed by atoms with van der Waals surface area (Å²) in [6.07, 6.45) is 12.1. The van der Waals surface area contributed by atoms with Gasteiger partial charge in [0.15, 0.2) is 0 Å². The maximum Gasteiger partial charge on any atom is 0.306 e. The molecule has 8 atom stereocenters. The molecule has 0 N–H and O–H groups in total. The number of nitrogens with zero attached hydrogens (tertiary/aromatic N) is 1. The van der Waals surface area contributed by atoms with Gasteiger partial charge in [-0.3, -0.25) is 9.69 Å². The molecule has 3 saturated heterocycles. The molecule has 5 fully saturated rings. The molecule has 136 valence electrons. The van der Waals surface area contributed by atoms with Crippen molar-refractivity contribution in [1.82, 2.24) is 4.90 Å². The van der Waals surface area contributed by atoms with Gasteiger partial charge in [0.2, 0.25) is 0 Å². The van der Waals surface area contributed by atoms with Crippen molar-refractivity contribution < 1.29 is 9.53 Å². The minimum atomic E-state index is -0.235. The molecule has 3 aliphatic heterocycles. The van der Waals surface area contributed by atoms with Gasteiger partial charge in [-0.05, 0) is 69.6 Å². The van der Waals surface area contributed by atoms with Gasteiger partial charge in [-0.2, -0.15) is 0 Å². The summed E-state index contributed by atoms with van der Waals surface area (Å²) in [5.74, 6) is 3.01. The zero-order valence-corrected chi connectivity index (χ0v) is 15.7. The molecule has 3 heteroatoms. The van der Waals surface area contributed by atoms with Gasteiger partial charge < -0.3 is 4.74 Å². The van der Waals surface area contributed by atoms with Gasteiger partial charge in [-0.15, -0.1) is 0 Å². The van der Waals surface area contributed by atoms with E-state index in [0.717, 1.165) is 24.2 Å².